The number of rotatable bonds is 3. The van der Waals surface area contributed by atoms with Crippen LogP contribution >= 0.6 is 46.5 Å². The molecule has 0 saturated heterocycles. The van der Waals surface area contributed by atoms with Crippen molar-refractivity contribution in [1.82, 2.24) is 9.59 Å². The minimum atomic E-state index is 0.583. The quantitative estimate of drug-likeness (QED) is 0.615. The molecule has 0 saturated carbocycles. The summed E-state index contributed by atoms with van der Waals surface area (Å²) in [5.74, 6) is 0. The molecule has 0 aliphatic heterocycles. The van der Waals surface area contributed by atoms with Gasteiger partial charge in [-0.1, -0.05) is 57.7 Å². The van der Waals surface area contributed by atoms with E-state index in [0.717, 1.165) is 20.4 Å². The number of hydrogen-bond acceptors (Lipinski definition) is 4. The molecule has 0 aliphatic rings. The Balaban J connectivity index is 1.98. The van der Waals surface area contributed by atoms with Crippen LogP contribution in [-0.2, 0) is 0 Å². The van der Waals surface area contributed by atoms with E-state index < -0.39 is 0 Å². The molecule has 0 unspecified atom stereocenters. The minimum absolute atomic E-state index is 0.583. The van der Waals surface area contributed by atoms with Crippen molar-refractivity contribution in [2.45, 2.75) is 9.10 Å². The van der Waals surface area contributed by atoms with Crippen LogP contribution in [0.2, 0.25) is 10.0 Å². The van der Waals surface area contributed by atoms with Crippen LogP contribution in [0.4, 0.5) is 0 Å². The molecule has 6 heteroatoms. The van der Waals surface area contributed by atoms with E-state index in [1.54, 1.807) is 23.9 Å². The molecule has 2 nitrogen and oxygen atoms in total. The van der Waals surface area contributed by atoms with Gasteiger partial charge in [0, 0.05) is 15.5 Å². The van der Waals surface area contributed by atoms with Crippen LogP contribution in [0, 0.1) is 0 Å². The number of hydrogen-bond donors (Lipinski definition) is 0. The van der Waals surface area contributed by atoms with Gasteiger partial charge >= 0.3 is 0 Å². The SMILES string of the molecule is Clc1ccc(-c2nnsc2Sc2ccccc2)c(Cl)c1. The fourth-order valence-electron chi connectivity index (χ4n) is 1.69. The molecular formula is C14H8Cl2N2S2. The van der Waals surface area contributed by atoms with E-state index in [1.807, 2.05) is 24.3 Å². The van der Waals surface area contributed by atoms with E-state index in [-0.39, 0.29) is 0 Å². The van der Waals surface area contributed by atoms with Gasteiger partial charge in [-0.05, 0) is 41.9 Å². The lowest BCUT2D eigenvalue weighted by molar-refractivity contribution is 1.15. The van der Waals surface area contributed by atoms with Crippen molar-refractivity contribution < 1.29 is 0 Å². The van der Waals surface area contributed by atoms with Crippen molar-refractivity contribution in [3.05, 3.63) is 58.6 Å². The second-order valence-electron chi connectivity index (χ2n) is 3.95. The molecule has 0 atom stereocenters. The van der Waals surface area contributed by atoms with Gasteiger partial charge in [-0.3, -0.25) is 0 Å². The van der Waals surface area contributed by atoms with Crippen molar-refractivity contribution in [1.29, 1.82) is 0 Å². The Labute approximate surface area is 134 Å². The molecule has 3 aromatic rings. The number of aromatic nitrogens is 2. The van der Waals surface area contributed by atoms with E-state index in [1.165, 1.54) is 11.5 Å². The Bertz CT molecular complexity index is 729. The summed E-state index contributed by atoms with van der Waals surface area (Å²) in [6.07, 6.45) is 0. The van der Waals surface area contributed by atoms with Gasteiger partial charge in [0.1, 0.15) is 9.90 Å². The molecule has 0 amide bonds. The van der Waals surface area contributed by atoms with Gasteiger partial charge in [0.05, 0.1) is 5.02 Å². The van der Waals surface area contributed by atoms with Gasteiger partial charge in [0.25, 0.3) is 0 Å². The average molecular weight is 339 g/mol. The molecule has 1 aromatic heterocycles. The Morgan fingerprint density at radius 2 is 1.80 bits per heavy atom. The Morgan fingerprint density at radius 3 is 2.55 bits per heavy atom. The van der Waals surface area contributed by atoms with Crippen molar-refractivity contribution >= 4 is 46.5 Å². The van der Waals surface area contributed by atoms with Crippen molar-refractivity contribution in [3.63, 3.8) is 0 Å². The number of benzene rings is 2. The molecule has 0 N–H and O–H groups in total. The van der Waals surface area contributed by atoms with Crippen LogP contribution < -0.4 is 0 Å². The summed E-state index contributed by atoms with van der Waals surface area (Å²) >= 11 is 15.2. The average Bonchev–Trinajstić information content (AvgIpc) is 2.88. The molecule has 0 fully saturated rings. The van der Waals surface area contributed by atoms with E-state index in [2.05, 4.69) is 21.7 Å². The second kappa shape index (κ2) is 6.14. The summed E-state index contributed by atoms with van der Waals surface area (Å²) in [6.45, 7) is 0. The first kappa shape index (κ1) is 13.9. The first-order chi connectivity index (χ1) is 9.74. The van der Waals surface area contributed by atoms with Crippen LogP contribution in [0.3, 0.4) is 0 Å². The molecule has 0 bridgehead atoms. The summed E-state index contributed by atoms with van der Waals surface area (Å²) < 4.78 is 5.05. The van der Waals surface area contributed by atoms with Gasteiger partial charge in [0.15, 0.2) is 0 Å². The van der Waals surface area contributed by atoms with Gasteiger partial charge in [-0.25, -0.2) is 0 Å². The van der Waals surface area contributed by atoms with Crippen LogP contribution in [-0.4, -0.2) is 9.59 Å². The molecule has 0 aliphatic carbocycles. The topological polar surface area (TPSA) is 25.8 Å². The monoisotopic (exact) mass is 338 g/mol. The molecule has 0 spiro atoms. The Kier molecular flexibility index (Phi) is 4.27. The normalized spacial score (nSPS) is 10.7. The number of halogens is 2. The van der Waals surface area contributed by atoms with Crippen LogP contribution in [0.15, 0.2) is 57.6 Å². The zero-order valence-corrected chi connectivity index (χ0v) is 13.2. The lowest BCUT2D eigenvalue weighted by atomic mass is 10.2. The molecule has 2 aromatic carbocycles. The third-order valence-corrected chi connectivity index (χ3v) is 5.03. The molecule has 3 rings (SSSR count). The second-order valence-corrected chi connectivity index (χ2v) is 6.89. The third-order valence-electron chi connectivity index (χ3n) is 2.60. The zero-order valence-electron chi connectivity index (χ0n) is 10.1. The fraction of sp³-hybridized carbons (Fsp3) is 0. The summed E-state index contributed by atoms with van der Waals surface area (Å²) in [4.78, 5) is 1.14. The van der Waals surface area contributed by atoms with Gasteiger partial charge in [-0.2, -0.15) is 0 Å². The summed E-state index contributed by atoms with van der Waals surface area (Å²) in [6, 6.07) is 15.5. The predicted octanol–water partition coefficient (Wildman–Crippen LogP) is 5.66. The van der Waals surface area contributed by atoms with Crippen molar-refractivity contribution in [2.75, 3.05) is 0 Å². The van der Waals surface area contributed by atoms with Crippen LogP contribution in [0.1, 0.15) is 0 Å². The summed E-state index contributed by atoms with van der Waals surface area (Å²) in [7, 11) is 0. The predicted molar refractivity (Wildman–Crippen MR) is 85.9 cm³/mol. The molecule has 20 heavy (non-hydrogen) atoms. The molecule has 1 heterocycles. The Hall–Kier alpha value is -1.07. The van der Waals surface area contributed by atoms with E-state index in [0.29, 0.717) is 10.0 Å². The van der Waals surface area contributed by atoms with Gasteiger partial charge in [-0.15, -0.1) is 5.10 Å². The summed E-state index contributed by atoms with van der Waals surface area (Å²) in [5, 5.41) is 5.39. The molecular weight excluding hydrogens is 331 g/mol. The highest BCUT2D eigenvalue weighted by Gasteiger charge is 2.14. The maximum Gasteiger partial charge on any atom is 0.121 e. The Morgan fingerprint density at radius 1 is 1.00 bits per heavy atom. The smallest absolute Gasteiger partial charge is 0.121 e. The highest BCUT2D eigenvalue weighted by Crippen LogP contribution is 2.40. The van der Waals surface area contributed by atoms with Crippen molar-refractivity contribution in [2.24, 2.45) is 0 Å². The highest BCUT2D eigenvalue weighted by molar-refractivity contribution is 8.01. The minimum Gasteiger partial charge on any atom is -0.137 e. The van der Waals surface area contributed by atoms with E-state index in [9.17, 15) is 0 Å². The van der Waals surface area contributed by atoms with Crippen LogP contribution in [0.5, 0.6) is 0 Å². The van der Waals surface area contributed by atoms with E-state index in [4.69, 9.17) is 23.2 Å². The van der Waals surface area contributed by atoms with E-state index >= 15 is 0 Å². The first-order valence-corrected chi connectivity index (χ1v) is 8.09. The lowest BCUT2D eigenvalue weighted by Gasteiger charge is -2.04. The summed E-state index contributed by atoms with van der Waals surface area (Å²) in [5.41, 5.74) is 1.65. The third kappa shape index (κ3) is 2.99. The molecule has 100 valence electrons. The van der Waals surface area contributed by atoms with Crippen LogP contribution in [0.25, 0.3) is 11.3 Å². The molecule has 0 radical (unpaired) electrons. The van der Waals surface area contributed by atoms with Crippen molar-refractivity contribution in [3.8, 4) is 11.3 Å². The maximum atomic E-state index is 6.24. The highest BCUT2D eigenvalue weighted by atomic mass is 35.5. The lowest BCUT2D eigenvalue weighted by Crippen LogP contribution is -1.82. The van der Waals surface area contributed by atoms with Gasteiger partial charge < -0.3 is 0 Å². The zero-order chi connectivity index (χ0) is 13.9. The first-order valence-electron chi connectivity index (χ1n) is 5.75. The standard InChI is InChI=1S/C14H8Cl2N2S2/c15-9-6-7-11(12(16)8-9)13-14(20-18-17-13)19-10-4-2-1-3-5-10/h1-8H. The number of nitrogens with zero attached hydrogens (tertiary/aromatic N) is 2. The largest absolute Gasteiger partial charge is 0.137 e. The fourth-order valence-corrected chi connectivity index (χ4v) is 3.91. The van der Waals surface area contributed by atoms with Gasteiger partial charge in [0.2, 0.25) is 0 Å². The maximum absolute atomic E-state index is 6.24.